The standard InChI is InChI=1S/C21H16N2O/c1-2-7-17(8-3-1)18-9-4-6-16(12-18)13-20-14-21(24-23-20)19-10-5-11-22-15-19/h1-12,14-15H,13H2. The highest BCUT2D eigenvalue weighted by molar-refractivity contribution is 5.64. The molecule has 24 heavy (non-hydrogen) atoms. The molecule has 0 unspecified atom stereocenters. The summed E-state index contributed by atoms with van der Waals surface area (Å²) in [4.78, 5) is 4.11. The highest BCUT2D eigenvalue weighted by Crippen LogP contribution is 2.23. The van der Waals surface area contributed by atoms with Crippen LogP contribution in [0.2, 0.25) is 0 Å². The third-order valence-electron chi connectivity index (χ3n) is 3.92. The van der Waals surface area contributed by atoms with Gasteiger partial charge in [0.1, 0.15) is 0 Å². The molecule has 4 aromatic rings. The van der Waals surface area contributed by atoms with Crippen LogP contribution in [0.1, 0.15) is 11.3 Å². The van der Waals surface area contributed by atoms with Crippen LogP contribution in [0.15, 0.2) is 89.7 Å². The van der Waals surface area contributed by atoms with Crippen molar-refractivity contribution in [3.63, 3.8) is 0 Å². The third-order valence-corrected chi connectivity index (χ3v) is 3.92. The Morgan fingerprint density at radius 1 is 0.750 bits per heavy atom. The maximum absolute atomic E-state index is 5.45. The second kappa shape index (κ2) is 6.50. The summed E-state index contributed by atoms with van der Waals surface area (Å²) >= 11 is 0. The molecule has 0 aliphatic heterocycles. The van der Waals surface area contributed by atoms with Gasteiger partial charge in [0.2, 0.25) is 0 Å². The van der Waals surface area contributed by atoms with Crippen LogP contribution in [0.3, 0.4) is 0 Å². The largest absolute Gasteiger partial charge is 0.356 e. The Morgan fingerprint density at radius 2 is 1.58 bits per heavy atom. The van der Waals surface area contributed by atoms with Gasteiger partial charge in [0.15, 0.2) is 5.76 Å². The van der Waals surface area contributed by atoms with E-state index in [9.17, 15) is 0 Å². The number of hydrogen-bond donors (Lipinski definition) is 0. The molecule has 0 bridgehead atoms. The van der Waals surface area contributed by atoms with Crippen LogP contribution in [0, 0.1) is 0 Å². The predicted octanol–water partition coefficient (Wildman–Crippen LogP) is 4.99. The number of benzene rings is 2. The molecule has 0 saturated carbocycles. The molecule has 0 amide bonds. The Hall–Kier alpha value is -3.20. The Labute approximate surface area is 140 Å². The van der Waals surface area contributed by atoms with E-state index in [4.69, 9.17) is 4.52 Å². The lowest BCUT2D eigenvalue weighted by atomic mass is 10.0. The lowest BCUT2D eigenvalue weighted by Crippen LogP contribution is -1.88. The van der Waals surface area contributed by atoms with Crippen molar-refractivity contribution in [3.05, 3.63) is 96.4 Å². The van der Waals surface area contributed by atoms with Crippen LogP contribution in [-0.4, -0.2) is 10.1 Å². The molecule has 116 valence electrons. The normalized spacial score (nSPS) is 10.7. The van der Waals surface area contributed by atoms with Gasteiger partial charge in [-0.05, 0) is 28.8 Å². The summed E-state index contributed by atoms with van der Waals surface area (Å²) in [6.45, 7) is 0. The van der Waals surface area contributed by atoms with Crippen LogP contribution >= 0.6 is 0 Å². The SMILES string of the molecule is c1ccc(-c2cccc(Cc3cc(-c4cccnc4)on3)c2)cc1. The van der Waals surface area contributed by atoms with Crippen LogP contribution in [0.25, 0.3) is 22.5 Å². The lowest BCUT2D eigenvalue weighted by Gasteiger charge is -2.04. The van der Waals surface area contributed by atoms with Crippen LogP contribution in [-0.2, 0) is 6.42 Å². The fourth-order valence-electron chi connectivity index (χ4n) is 2.74. The monoisotopic (exact) mass is 312 g/mol. The maximum atomic E-state index is 5.45. The summed E-state index contributed by atoms with van der Waals surface area (Å²) in [5.41, 5.74) is 5.50. The minimum Gasteiger partial charge on any atom is -0.356 e. The molecule has 0 atom stereocenters. The zero-order valence-electron chi connectivity index (χ0n) is 13.1. The van der Waals surface area contributed by atoms with E-state index in [1.54, 1.807) is 12.4 Å². The molecule has 2 aromatic heterocycles. The Kier molecular flexibility index (Phi) is 3.90. The molecule has 0 fully saturated rings. The average molecular weight is 312 g/mol. The molecular formula is C21H16N2O. The zero-order chi connectivity index (χ0) is 16.2. The molecule has 0 spiro atoms. The van der Waals surface area contributed by atoms with Crippen molar-refractivity contribution >= 4 is 0 Å². The van der Waals surface area contributed by atoms with Crippen LogP contribution in [0.5, 0.6) is 0 Å². The average Bonchev–Trinajstić information content (AvgIpc) is 3.12. The highest BCUT2D eigenvalue weighted by Gasteiger charge is 2.08. The molecule has 3 heteroatoms. The minimum absolute atomic E-state index is 0.741. The van der Waals surface area contributed by atoms with Gasteiger partial charge in [0, 0.05) is 30.4 Å². The number of pyridine rings is 1. The van der Waals surface area contributed by atoms with Crippen LogP contribution in [0.4, 0.5) is 0 Å². The summed E-state index contributed by atoms with van der Waals surface area (Å²) in [6.07, 6.45) is 4.26. The maximum Gasteiger partial charge on any atom is 0.168 e. The summed E-state index contributed by atoms with van der Waals surface area (Å²) < 4.78 is 5.45. The fourth-order valence-corrected chi connectivity index (χ4v) is 2.74. The molecular weight excluding hydrogens is 296 g/mol. The van der Waals surface area contributed by atoms with Crippen molar-refractivity contribution in [1.82, 2.24) is 10.1 Å². The second-order valence-corrected chi connectivity index (χ2v) is 5.67. The van der Waals surface area contributed by atoms with Gasteiger partial charge in [0.25, 0.3) is 0 Å². The molecule has 0 saturated heterocycles. The van der Waals surface area contributed by atoms with Crippen molar-refractivity contribution < 1.29 is 4.52 Å². The van der Waals surface area contributed by atoms with Gasteiger partial charge in [-0.1, -0.05) is 59.8 Å². The first-order valence-corrected chi connectivity index (χ1v) is 7.89. The van der Waals surface area contributed by atoms with E-state index in [2.05, 4.69) is 58.7 Å². The Morgan fingerprint density at radius 3 is 2.42 bits per heavy atom. The van der Waals surface area contributed by atoms with Crippen molar-refractivity contribution in [2.45, 2.75) is 6.42 Å². The summed E-state index contributed by atoms with van der Waals surface area (Å²) in [5, 5.41) is 4.19. The Bertz CT molecular complexity index is 930. The summed E-state index contributed by atoms with van der Waals surface area (Å²) in [5.74, 6) is 0.748. The van der Waals surface area contributed by atoms with E-state index in [0.717, 1.165) is 23.4 Å². The van der Waals surface area contributed by atoms with Gasteiger partial charge in [-0.25, -0.2) is 0 Å². The number of aromatic nitrogens is 2. The van der Waals surface area contributed by atoms with Crippen LogP contribution < -0.4 is 0 Å². The topological polar surface area (TPSA) is 38.9 Å². The van der Waals surface area contributed by atoms with Gasteiger partial charge in [-0.15, -0.1) is 0 Å². The smallest absolute Gasteiger partial charge is 0.168 e. The predicted molar refractivity (Wildman–Crippen MR) is 94.4 cm³/mol. The van der Waals surface area contributed by atoms with Crippen molar-refractivity contribution in [3.8, 4) is 22.5 Å². The number of nitrogens with zero attached hydrogens (tertiary/aromatic N) is 2. The van der Waals surface area contributed by atoms with Gasteiger partial charge in [-0.2, -0.15) is 0 Å². The van der Waals surface area contributed by atoms with Crippen molar-refractivity contribution in [2.75, 3.05) is 0 Å². The Balaban J connectivity index is 1.57. The van der Waals surface area contributed by atoms with Gasteiger partial charge < -0.3 is 4.52 Å². The minimum atomic E-state index is 0.741. The lowest BCUT2D eigenvalue weighted by molar-refractivity contribution is 0.425. The zero-order valence-corrected chi connectivity index (χ0v) is 13.1. The first kappa shape index (κ1) is 14.4. The molecule has 2 aromatic carbocycles. The van der Waals surface area contributed by atoms with Crippen molar-refractivity contribution in [2.24, 2.45) is 0 Å². The van der Waals surface area contributed by atoms with E-state index in [1.807, 2.05) is 24.3 Å². The first-order chi connectivity index (χ1) is 11.9. The van der Waals surface area contributed by atoms with Gasteiger partial charge >= 0.3 is 0 Å². The second-order valence-electron chi connectivity index (χ2n) is 5.67. The molecule has 0 aliphatic carbocycles. The van der Waals surface area contributed by atoms with Gasteiger partial charge in [0.05, 0.1) is 5.69 Å². The van der Waals surface area contributed by atoms with Gasteiger partial charge in [-0.3, -0.25) is 4.98 Å². The van der Waals surface area contributed by atoms with E-state index in [-0.39, 0.29) is 0 Å². The fraction of sp³-hybridized carbons (Fsp3) is 0.0476. The quantitative estimate of drug-likeness (QED) is 0.532. The molecule has 2 heterocycles. The molecule has 3 nitrogen and oxygen atoms in total. The first-order valence-electron chi connectivity index (χ1n) is 7.89. The highest BCUT2D eigenvalue weighted by atomic mass is 16.5. The van der Waals surface area contributed by atoms with E-state index >= 15 is 0 Å². The summed E-state index contributed by atoms with van der Waals surface area (Å²) in [7, 11) is 0. The number of hydrogen-bond acceptors (Lipinski definition) is 3. The molecule has 4 rings (SSSR count). The third kappa shape index (κ3) is 3.10. The molecule has 0 aliphatic rings. The van der Waals surface area contributed by atoms with E-state index in [0.29, 0.717) is 0 Å². The number of rotatable bonds is 4. The van der Waals surface area contributed by atoms with E-state index in [1.165, 1.54) is 16.7 Å². The van der Waals surface area contributed by atoms with E-state index < -0.39 is 0 Å². The summed E-state index contributed by atoms with van der Waals surface area (Å²) in [6, 6.07) is 24.7. The molecule has 0 radical (unpaired) electrons. The van der Waals surface area contributed by atoms with Crippen molar-refractivity contribution in [1.29, 1.82) is 0 Å². The molecule has 0 N–H and O–H groups in total.